The van der Waals surface area contributed by atoms with Crippen LogP contribution < -0.4 is 9.47 Å². The standard InChI is InChI=1S/C40H70O16/c1-4-5-6-7-8-9-10-11-12-30-25-31(51-21-17-47-13-15-49-19-23-53-39-37(45)35(43)33(41)28(2)55-39)27-32(26-30)52-22-18-48-14-16-50-20-24-54-40-38(46)36(44)34(42)29(3)56-40/h25-29,33-46H,4-24H2,1-3H3/t28-,29-,33-,34-,35+,36+,37+,38+,39?,40?/m0/s1. The molecule has 0 amide bonds. The van der Waals surface area contributed by atoms with Crippen molar-refractivity contribution in [3.8, 4) is 11.5 Å². The fourth-order valence-corrected chi connectivity index (χ4v) is 6.23. The average molecular weight is 807 g/mol. The molecule has 2 saturated heterocycles. The molecule has 2 aliphatic heterocycles. The van der Waals surface area contributed by atoms with Crippen LogP contribution in [0.15, 0.2) is 18.2 Å². The van der Waals surface area contributed by atoms with Crippen LogP contribution in [0.3, 0.4) is 0 Å². The molecule has 0 aromatic heterocycles. The van der Waals surface area contributed by atoms with Crippen molar-refractivity contribution in [3.05, 3.63) is 23.8 Å². The summed E-state index contributed by atoms with van der Waals surface area (Å²) in [5.41, 5.74) is 1.15. The molecular formula is C40H70O16. The molecule has 16 nitrogen and oxygen atoms in total. The summed E-state index contributed by atoms with van der Waals surface area (Å²) in [6.45, 7) is 9.00. The van der Waals surface area contributed by atoms with E-state index in [1.165, 1.54) is 44.9 Å². The van der Waals surface area contributed by atoms with Crippen molar-refractivity contribution >= 4 is 0 Å². The summed E-state index contributed by atoms with van der Waals surface area (Å²) in [5, 5.41) is 59.4. The minimum absolute atomic E-state index is 0.140. The molecule has 0 aliphatic carbocycles. The number of aliphatic hydroxyl groups is 6. The van der Waals surface area contributed by atoms with Gasteiger partial charge in [-0.2, -0.15) is 0 Å². The van der Waals surface area contributed by atoms with Crippen LogP contribution >= 0.6 is 0 Å². The van der Waals surface area contributed by atoms with Crippen LogP contribution in [-0.4, -0.2) is 171 Å². The predicted octanol–water partition coefficient (Wildman–Crippen LogP) is 1.88. The van der Waals surface area contributed by atoms with Crippen LogP contribution in [0.1, 0.15) is 77.7 Å². The van der Waals surface area contributed by atoms with E-state index in [2.05, 4.69) is 19.1 Å². The minimum atomic E-state index is -1.34. The molecule has 6 N–H and O–H groups in total. The zero-order valence-electron chi connectivity index (χ0n) is 33.6. The Morgan fingerprint density at radius 2 is 0.821 bits per heavy atom. The molecule has 326 valence electrons. The molecule has 1 aromatic rings. The van der Waals surface area contributed by atoms with Gasteiger partial charge in [0.15, 0.2) is 12.6 Å². The van der Waals surface area contributed by atoms with E-state index in [1.54, 1.807) is 13.8 Å². The van der Waals surface area contributed by atoms with Crippen LogP contribution in [0.5, 0.6) is 11.5 Å². The summed E-state index contributed by atoms with van der Waals surface area (Å²) in [6, 6.07) is 5.97. The second kappa shape index (κ2) is 28.6. The molecule has 10 atom stereocenters. The number of hydrogen-bond acceptors (Lipinski definition) is 16. The summed E-state index contributed by atoms with van der Waals surface area (Å²) in [6.07, 6.45) is -0.214. The summed E-state index contributed by atoms with van der Waals surface area (Å²) in [4.78, 5) is 0. The van der Waals surface area contributed by atoms with E-state index in [1.807, 2.05) is 6.07 Å². The van der Waals surface area contributed by atoms with Gasteiger partial charge in [-0.1, -0.05) is 51.9 Å². The highest BCUT2D eigenvalue weighted by Crippen LogP contribution is 2.26. The number of ether oxygens (including phenoxy) is 10. The first-order valence-corrected chi connectivity index (χ1v) is 20.4. The molecule has 2 heterocycles. The van der Waals surface area contributed by atoms with Gasteiger partial charge in [0, 0.05) is 6.07 Å². The van der Waals surface area contributed by atoms with Gasteiger partial charge in [-0.05, 0) is 44.4 Å². The Bertz CT molecular complexity index is 1060. The van der Waals surface area contributed by atoms with Crippen LogP contribution in [0, 0.1) is 0 Å². The fourth-order valence-electron chi connectivity index (χ4n) is 6.23. The highest BCUT2D eigenvalue weighted by molar-refractivity contribution is 5.38. The third kappa shape index (κ3) is 18.5. The van der Waals surface area contributed by atoms with E-state index >= 15 is 0 Å². The van der Waals surface area contributed by atoms with Crippen molar-refractivity contribution in [1.29, 1.82) is 0 Å². The lowest BCUT2D eigenvalue weighted by molar-refractivity contribution is -0.294. The summed E-state index contributed by atoms with van der Waals surface area (Å²) < 4.78 is 56.1. The van der Waals surface area contributed by atoms with E-state index in [0.717, 1.165) is 18.4 Å². The van der Waals surface area contributed by atoms with E-state index in [4.69, 9.17) is 47.4 Å². The van der Waals surface area contributed by atoms with Gasteiger partial charge >= 0.3 is 0 Å². The van der Waals surface area contributed by atoms with Crippen LogP contribution in [-0.2, 0) is 44.3 Å². The maximum atomic E-state index is 10.0. The number of rotatable bonds is 31. The molecule has 2 fully saturated rings. The first-order valence-electron chi connectivity index (χ1n) is 20.4. The monoisotopic (exact) mass is 806 g/mol. The highest BCUT2D eigenvalue weighted by Gasteiger charge is 2.43. The van der Waals surface area contributed by atoms with E-state index < -0.39 is 61.4 Å². The molecule has 1 aromatic carbocycles. The minimum Gasteiger partial charge on any atom is -0.491 e. The molecule has 0 bridgehead atoms. The lowest BCUT2D eigenvalue weighted by atomic mass is 10.0. The zero-order valence-corrected chi connectivity index (χ0v) is 33.6. The van der Waals surface area contributed by atoms with Gasteiger partial charge in [0.1, 0.15) is 61.3 Å². The Balaban J connectivity index is 1.29. The first kappa shape index (κ1) is 48.6. The van der Waals surface area contributed by atoms with E-state index in [0.29, 0.717) is 64.4 Å². The topological polar surface area (TPSA) is 214 Å². The van der Waals surface area contributed by atoms with Gasteiger partial charge in [-0.3, -0.25) is 0 Å². The number of unbranched alkanes of at least 4 members (excludes halogenated alkanes) is 7. The van der Waals surface area contributed by atoms with E-state index in [9.17, 15) is 30.6 Å². The summed E-state index contributed by atoms with van der Waals surface area (Å²) >= 11 is 0. The molecule has 56 heavy (non-hydrogen) atoms. The van der Waals surface area contributed by atoms with Gasteiger partial charge in [0.25, 0.3) is 0 Å². The Morgan fingerprint density at radius 3 is 1.25 bits per heavy atom. The van der Waals surface area contributed by atoms with Gasteiger partial charge in [-0.15, -0.1) is 0 Å². The molecule has 2 unspecified atom stereocenters. The predicted molar refractivity (Wildman–Crippen MR) is 204 cm³/mol. The van der Waals surface area contributed by atoms with Crippen molar-refractivity contribution in [3.63, 3.8) is 0 Å². The van der Waals surface area contributed by atoms with Gasteiger partial charge < -0.3 is 78.0 Å². The first-order chi connectivity index (χ1) is 27.1. The van der Waals surface area contributed by atoms with Gasteiger partial charge in [0.2, 0.25) is 0 Å². The van der Waals surface area contributed by atoms with Gasteiger partial charge in [0.05, 0.1) is 78.3 Å². The molecule has 0 spiro atoms. The highest BCUT2D eigenvalue weighted by atomic mass is 16.7. The number of hydrogen-bond donors (Lipinski definition) is 6. The van der Waals surface area contributed by atoms with E-state index in [-0.39, 0.29) is 26.4 Å². The number of aryl methyl sites for hydroxylation is 1. The smallest absolute Gasteiger partial charge is 0.186 e. The molecule has 0 radical (unpaired) electrons. The quantitative estimate of drug-likeness (QED) is 0.0592. The second-order valence-electron chi connectivity index (χ2n) is 14.3. The van der Waals surface area contributed by atoms with Crippen molar-refractivity contribution in [2.24, 2.45) is 0 Å². The Hall–Kier alpha value is -1.74. The molecular weight excluding hydrogens is 736 g/mol. The normalized spacial score (nSPS) is 28.1. The third-order valence-electron chi connectivity index (χ3n) is 9.63. The zero-order chi connectivity index (χ0) is 40.5. The van der Waals surface area contributed by atoms with Gasteiger partial charge in [-0.25, -0.2) is 0 Å². The largest absolute Gasteiger partial charge is 0.491 e. The maximum absolute atomic E-state index is 10.0. The molecule has 2 aliphatic rings. The number of benzene rings is 1. The van der Waals surface area contributed by atoms with Crippen LogP contribution in [0.25, 0.3) is 0 Å². The van der Waals surface area contributed by atoms with Crippen molar-refractivity contribution < 1.29 is 78.0 Å². The molecule has 16 heteroatoms. The average Bonchev–Trinajstić information content (AvgIpc) is 3.19. The van der Waals surface area contributed by atoms with Crippen molar-refractivity contribution in [2.45, 2.75) is 140 Å². The van der Waals surface area contributed by atoms with Crippen LogP contribution in [0.2, 0.25) is 0 Å². The number of aliphatic hydroxyl groups excluding tert-OH is 6. The van der Waals surface area contributed by atoms with Crippen molar-refractivity contribution in [2.75, 3.05) is 79.3 Å². The van der Waals surface area contributed by atoms with Crippen LogP contribution in [0.4, 0.5) is 0 Å². The summed E-state index contributed by atoms with van der Waals surface area (Å²) in [5.74, 6) is 1.41. The Kier molecular flexibility index (Phi) is 24.9. The third-order valence-corrected chi connectivity index (χ3v) is 9.63. The molecule has 0 saturated carbocycles. The Labute approximate surface area is 332 Å². The lowest BCUT2D eigenvalue weighted by Crippen LogP contribution is -2.57. The fraction of sp³-hybridized carbons (Fsp3) is 0.850. The Morgan fingerprint density at radius 1 is 0.446 bits per heavy atom. The van der Waals surface area contributed by atoms with Crippen molar-refractivity contribution in [1.82, 2.24) is 0 Å². The summed E-state index contributed by atoms with van der Waals surface area (Å²) in [7, 11) is 0. The maximum Gasteiger partial charge on any atom is 0.186 e. The second-order valence-corrected chi connectivity index (χ2v) is 14.3. The molecule has 3 rings (SSSR count). The lowest BCUT2D eigenvalue weighted by Gasteiger charge is -2.38. The SMILES string of the molecule is CCCCCCCCCCc1cc(OCCOCCOCCOC2O[C@@H](C)[C@H](O)[C@@H](O)[C@H]2O)cc(OCCOCCOCCOC2O[C@@H](C)[C@H](O)[C@@H](O)[C@H]2O)c1.